The smallest absolute Gasteiger partial charge is 0.175 e. The van der Waals surface area contributed by atoms with Gasteiger partial charge in [0.25, 0.3) is 0 Å². The highest BCUT2D eigenvalue weighted by atomic mass is 15.5. The molecule has 1 unspecified atom stereocenters. The fourth-order valence-corrected chi connectivity index (χ4v) is 3.41. The van der Waals surface area contributed by atoms with Crippen LogP contribution in [-0.2, 0) is 12.8 Å². The van der Waals surface area contributed by atoms with Gasteiger partial charge in [-0.3, -0.25) is 0 Å². The number of H-pyrrole nitrogens is 1. The SMILES string of the molecule is Nc1ccc2c(c1)CC1(CC1)C2Cc1nn[nH]n1. The zero-order valence-electron chi connectivity index (χ0n) is 10.1. The zero-order chi connectivity index (χ0) is 12.2. The van der Waals surface area contributed by atoms with Crippen LogP contribution in [-0.4, -0.2) is 20.6 Å². The molecule has 1 fully saturated rings. The summed E-state index contributed by atoms with van der Waals surface area (Å²) in [5.41, 5.74) is 10.1. The first-order chi connectivity index (χ1) is 8.77. The molecule has 4 rings (SSSR count). The fourth-order valence-electron chi connectivity index (χ4n) is 3.41. The predicted molar refractivity (Wildman–Crippen MR) is 66.8 cm³/mol. The Bertz CT molecular complexity index is 585. The van der Waals surface area contributed by atoms with Crippen molar-refractivity contribution in [2.24, 2.45) is 5.41 Å². The average molecular weight is 241 g/mol. The van der Waals surface area contributed by atoms with Crippen LogP contribution in [0.25, 0.3) is 0 Å². The minimum absolute atomic E-state index is 0.455. The summed E-state index contributed by atoms with van der Waals surface area (Å²) in [5, 5.41) is 14.4. The number of aromatic amines is 1. The van der Waals surface area contributed by atoms with E-state index in [-0.39, 0.29) is 0 Å². The maximum atomic E-state index is 5.88. The minimum Gasteiger partial charge on any atom is -0.399 e. The molecule has 5 nitrogen and oxygen atoms in total. The number of tetrazole rings is 1. The maximum Gasteiger partial charge on any atom is 0.175 e. The van der Waals surface area contributed by atoms with Gasteiger partial charge < -0.3 is 5.73 Å². The molecule has 92 valence electrons. The lowest BCUT2D eigenvalue weighted by molar-refractivity contribution is 0.426. The molecule has 1 aromatic carbocycles. The number of benzene rings is 1. The molecule has 0 amide bonds. The summed E-state index contributed by atoms with van der Waals surface area (Å²) in [6, 6.07) is 6.32. The highest BCUT2D eigenvalue weighted by molar-refractivity contribution is 5.50. The lowest BCUT2D eigenvalue weighted by Gasteiger charge is -2.17. The van der Waals surface area contributed by atoms with E-state index in [0.717, 1.165) is 24.4 Å². The van der Waals surface area contributed by atoms with E-state index in [1.807, 2.05) is 6.07 Å². The lowest BCUT2D eigenvalue weighted by Crippen LogP contribution is -2.12. The highest BCUT2D eigenvalue weighted by Crippen LogP contribution is 2.63. The summed E-state index contributed by atoms with van der Waals surface area (Å²) in [5.74, 6) is 1.35. The van der Waals surface area contributed by atoms with Gasteiger partial charge in [-0.05, 0) is 53.9 Å². The molecule has 2 aromatic rings. The van der Waals surface area contributed by atoms with Crippen LogP contribution in [0, 0.1) is 5.41 Å². The van der Waals surface area contributed by atoms with E-state index in [9.17, 15) is 0 Å². The number of nitrogen functional groups attached to an aromatic ring is 1. The van der Waals surface area contributed by atoms with Crippen LogP contribution in [0.15, 0.2) is 18.2 Å². The van der Waals surface area contributed by atoms with Gasteiger partial charge in [0.1, 0.15) is 0 Å². The van der Waals surface area contributed by atoms with Crippen LogP contribution in [0.1, 0.15) is 35.7 Å². The Morgan fingerprint density at radius 1 is 1.39 bits per heavy atom. The Morgan fingerprint density at radius 2 is 2.28 bits per heavy atom. The molecule has 2 aliphatic carbocycles. The molecule has 0 saturated heterocycles. The van der Waals surface area contributed by atoms with Crippen molar-refractivity contribution in [2.75, 3.05) is 5.73 Å². The summed E-state index contributed by atoms with van der Waals surface area (Å²) >= 11 is 0. The Morgan fingerprint density at radius 3 is 3.00 bits per heavy atom. The Hall–Kier alpha value is -1.91. The summed E-state index contributed by atoms with van der Waals surface area (Å²) in [7, 11) is 0. The van der Waals surface area contributed by atoms with Gasteiger partial charge in [-0.25, -0.2) is 0 Å². The molecule has 0 bridgehead atoms. The molecular formula is C13H15N5. The third kappa shape index (κ3) is 1.36. The maximum absolute atomic E-state index is 5.88. The van der Waals surface area contributed by atoms with E-state index >= 15 is 0 Å². The normalized spacial score (nSPS) is 23.2. The first kappa shape index (κ1) is 10.1. The predicted octanol–water partition coefficient (Wildman–Crippen LogP) is 1.44. The number of anilines is 1. The second kappa shape index (κ2) is 3.31. The number of nitrogens with two attached hydrogens (primary N) is 1. The van der Waals surface area contributed by atoms with Crippen LogP contribution >= 0.6 is 0 Å². The van der Waals surface area contributed by atoms with Crippen molar-refractivity contribution in [3.05, 3.63) is 35.2 Å². The molecule has 0 aliphatic heterocycles. The van der Waals surface area contributed by atoms with Gasteiger partial charge in [0, 0.05) is 12.1 Å². The third-order valence-corrected chi connectivity index (χ3v) is 4.49. The van der Waals surface area contributed by atoms with Gasteiger partial charge in [-0.2, -0.15) is 5.21 Å². The van der Waals surface area contributed by atoms with Crippen LogP contribution in [0.4, 0.5) is 5.69 Å². The number of fused-ring (bicyclic) bond motifs is 1. The molecule has 1 heterocycles. The molecule has 2 aliphatic rings. The molecule has 18 heavy (non-hydrogen) atoms. The average Bonchev–Trinajstić information content (AvgIpc) is 2.84. The summed E-state index contributed by atoms with van der Waals surface area (Å²) in [6.45, 7) is 0. The van der Waals surface area contributed by atoms with E-state index in [4.69, 9.17) is 5.73 Å². The largest absolute Gasteiger partial charge is 0.399 e. The first-order valence-electron chi connectivity index (χ1n) is 6.37. The molecule has 3 N–H and O–H groups in total. The minimum atomic E-state index is 0.455. The molecule has 1 atom stereocenters. The van der Waals surface area contributed by atoms with Crippen molar-refractivity contribution in [3.63, 3.8) is 0 Å². The fraction of sp³-hybridized carbons (Fsp3) is 0.462. The van der Waals surface area contributed by atoms with Gasteiger partial charge in [0.2, 0.25) is 0 Å². The number of hydrogen-bond donors (Lipinski definition) is 2. The highest BCUT2D eigenvalue weighted by Gasteiger charge is 2.54. The summed E-state index contributed by atoms with van der Waals surface area (Å²) < 4.78 is 0. The van der Waals surface area contributed by atoms with Crippen molar-refractivity contribution in [1.82, 2.24) is 20.6 Å². The van der Waals surface area contributed by atoms with Crippen molar-refractivity contribution >= 4 is 5.69 Å². The molecule has 5 heteroatoms. The quantitative estimate of drug-likeness (QED) is 0.780. The molecule has 1 aromatic heterocycles. The van der Waals surface area contributed by atoms with Gasteiger partial charge in [0.15, 0.2) is 5.82 Å². The van der Waals surface area contributed by atoms with Crippen molar-refractivity contribution < 1.29 is 0 Å². The molecule has 1 spiro atoms. The summed E-state index contributed by atoms with van der Waals surface area (Å²) in [6.07, 6.45) is 4.66. The Kier molecular flexibility index (Phi) is 1.85. The molecule has 1 saturated carbocycles. The van der Waals surface area contributed by atoms with Gasteiger partial charge in [-0.1, -0.05) is 11.3 Å². The topological polar surface area (TPSA) is 80.5 Å². The lowest BCUT2D eigenvalue weighted by atomic mass is 9.86. The summed E-state index contributed by atoms with van der Waals surface area (Å²) in [4.78, 5) is 0. The van der Waals surface area contributed by atoms with Crippen LogP contribution < -0.4 is 5.73 Å². The van der Waals surface area contributed by atoms with E-state index in [2.05, 4.69) is 32.8 Å². The second-order valence-corrected chi connectivity index (χ2v) is 5.58. The van der Waals surface area contributed by atoms with Gasteiger partial charge in [0.05, 0.1) is 0 Å². The standard InChI is InChI=1S/C13H15N5/c14-9-1-2-10-8(5-9)7-13(3-4-13)11(10)6-12-15-17-18-16-12/h1-2,5,11H,3-4,6-7,14H2,(H,15,16,17,18). The number of aromatic nitrogens is 4. The van der Waals surface area contributed by atoms with Crippen molar-refractivity contribution in [3.8, 4) is 0 Å². The number of nitrogens with zero attached hydrogens (tertiary/aromatic N) is 3. The number of rotatable bonds is 2. The van der Waals surface area contributed by atoms with E-state index in [1.54, 1.807) is 0 Å². The number of hydrogen-bond acceptors (Lipinski definition) is 4. The van der Waals surface area contributed by atoms with Crippen LogP contribution in [0.5, 0.6) is 0 Å². The van der Waals surface area contributed by atoms with E-state index < -0.39 is 0 Å². The van der Waals surface area contributed by atoms with E-state index in [1.165, 1.54) is 24.0 Å². The first-order valence-corrected chi connectivity index (χ1v) is 6.37. The van der Waals surface area contributed by atoms with Crippen LogP contribution in [0.3, 0.4) is 0 Å². The van der Waals surface area contributed by atoms with E-state index in [0.29, 0.717) is 11.3 Å². The molecular weight excluding hydrogens is 226 g/mol. The Labute approximate surface area is 105 Å². The van der Waals surface area contributed by atoms with Gasteiger partial charge in [-0.15, -0.1) is 10.2 Å². The zero-order valence-corrected chi connectivity index (χ0v) is 10.1. The van der Waals surface area contributed by atoms with Crippen LogP contribution in [0.2, 0.25) is 0 Å². The van der Waals surface area contributed by atoms with Crippen molar-refractivity contribution in [2.45, 2.75) is 31.6 Å². The third-order valence-electron chi connectivity index (χ3n) is 4.49. The second-order valence-electron chi connectivity index (χ2n) is 5.58. The molecule has 0 radical (unpaired) electrons. The Balaban J connectivity index is 1.73. The number of nitrogens with one attached hydrogen (secondary N) is 1. The van der Waals surface area contributed by atoms with Gasteiger partial charge >= 0.3 is 0 Å². The van der Waals surface area contributed by atoms with Crippen molar-refractivity contribution in [1.29, 1.82) is 0 Å². The monoisotopic (exact) mass is 241 g/mol.